The number of pyridine rings is 1. The van der Waals surface area contributed by atoms with Crippen LogP contribution < -0.4 is 5.32 Å². The Morgan fingerprint density at radius 2 is 2.37 bits per heavy atom. The molecule has 2 rings (SSSR count). The van der Waals surface area contributed by atoms with Crippen LogP contribution in [0.4, 0.5) is 4.39 Å². The summed E-state index contributed by atoms with van der Waals surface area (Å²) in [5, 5.41) is 3.18. The fourth-order valence-electron chi connectivity index (χ4n) is 2.23. The van der Waals surface area contributed by atoms with Crippen molar-refractivity contribution in [2.75, 3.05) is 32.1 Å². The van der Waals surface area contributed by atoms with Crippen LogP contribution in [0.1, 0.15) is 18.0 Å². The highest BCUT2D eigenvalue weighted by Crippen LogP contribution is 2.24. The van der Waals surface area contributed by atoms with Gasteiger partial charge in [0.15, 0.2) is 0 Å². The van der Waals surface area contributed by atoms with Crippen LogP contribution in [-0.2, 0) is 10.0 Å². The number of piperazine rings is 1. The Kier molecular flexibility index (Phi) is 4.84. The molecule has 1 N–H and O–H groups in total. The monoisotopic (exact) mass is 287 g/mol. The molecule has 2 heterocycles. The highest BCUT2D eigenvalue weighted by Gasteiger charge is 2.32. The van der Waals surface area contributed by atoms with E-state index < -0.39 is 16.7 Å². The molecule has 106 valence electrons. The van der Waals surface area contributed by atoms with Gasteiger partial charge in [0.25, 0.3) is 0 Å². The summed E-state index contributed by atoms with van der Waals surface area (Å²) < 4.78 is 38.2. The quantitative estimate of drug-likeness (QED) is 0.866. The van der Waals surface area contributed by atoms with Crippen LogP contribution in [0.5, 0.6) is 0 Å². The van der Waals surface area contributed by atoms with Gasteiger partial charge in [-0.25, -0.2) is 8.42 Å². The van der Waals surface area contributed by atoms with Crippen LogP contribution >= 0.6 is 0 Å². The molecule has 1 fully saturated rings. The fraction of sp³-hybridized carbons (Fsp3) is 0.583. The van der Waals surface area contributed by atoms with Crippen LogP contribution in [0.25, 0.3) is 0 Å². The van der Waals surface area contributed by atoms with E-state index in [1.807, 2.05) is 6.07 Å². The Bertz CT molecular complexity index is 495. The van der Waals surface area contributed by atoms with Gasteiger partial charge >= 0.3 is 0 Å². The van der Waals surface area contributed by atoms with Gasteiger partial charge in [0.1, 0.15) is 0 Å². The van der Waals surface area contributed by atoms with Crippen molar-refractivity contribution in [3.63, 3.8) is 0 Å². The zero-order valence-electron chi connectivity index (χ0n) is 10.6. The molecule has 1 aliphatic heterocycles. The normalized spacial score (nSPS) is 21.4. The number of nitrogens with zero attached hydrogens (tertiary/aromatic N) is 2. The lowest BCUT2D eigenvalue weighted by Crippen LogP contribution is -2.49. The summed E-state index contributed by atoms with van der Waals surface area (Å²) in [6.45, 7) is 0.975. The van der Waals surface area contributed by atoms with Crippen LogP contribution in [0.15, 0.2) is 24.5 Å². The predicted octanol–water partition coefficient (Wildman–Crippen LogP) is 0.717. The maximum atomic E-state index is 12.2. The molecule has 0 saturated carbocycles. The van der Waals surface area contributed by atoms with Crippen LogP contribution in [0, 0.1) is 0 Å². The summed E-state index contributed by atoms with van der Waals surface area (Å²) in [6, 6.07) is 3.39. The van der Waals surface area contributed by atoms with Gasteiger partial charge in [0.05, 0.1) is 18.5 Å². The second-order valence-electron chi connectivity index (χ2n) is 4.48. The van der Waals surface area contributed by atoms with Gasteiger partial charge < -0.3 is 5.32 Å². The number of aromatic nitrogens is 1. The van der Waals surface area contributed by atoms with Gasteiger partial charge in [-0.3, -0.25) is 9.37 Å². The molecule has 0 bridgehead atoms. The summed E-state index contributed by atoms with van der Waals surface area (Å²) in [5.74, 6) is -0.139. The summed E-state index contributed by atoms with van der Waals surface area (Å²) in [4.78, 5) is 4.03. The second kappa shape index (κ2) is 6.40. The lowest BCUT2D eigenvalue weighted by Gasteiger charge is -2.35. The molecular weight excluding hydrogens is 269 g/mol. The van der Waals surface area contributed by atoms with E-state index in [1.165, 1.54) is 4.31 Å². The molecule has 1 unspecified atom stereocenters. The Hall–Kier alpha value is -1.05. The molecule has 0 aliphatic carbocycles. The molecule has 1 aromatic heterocycles. The first-order valence-electron chi connectivity index (χ1n) is 6.31. The van der Waals surface area contributed by atoms with Gasteiger partial charge in [-0.1, -0.05) is 6.07 Å². The molecule has 19 heavy (non-hydrogen) atoms. The largest absolute Gasteiger partial charge is 0.313 e. The van der Waals surface area contributed by atoms with E-state index in [0.717, 1.165) is 5.56 Å². The molecule has 7 heteroatoms. The van der Waals surface area contributed by atoms with Crippen molar-refractivity contribution in [3.8, 4) is 0 Å². The number of alkyl halides is 1. The third kappa shape index (κ3) is 3.49. The number of hydrogen-bond donors (Lipinski definition) is 1. The Labute approximate surface area is 112 Å². The number of sulfonamides is 1. The van der Waals surface area contributed by atoms with E-state index in [2.05, 4.69) is 10.3 Å². The first-order chi connectivity index (χ1) is 9.15. The maximum Gasteiger partial charge on any atom is 0.214 e. The third-order valence-corrected chi connectivity index (χ3v) is 5.11. The minimum absolute atomic E-state index is 0.0476. The Morgan fingerprint density at radius 1 is 1.53 bits per heavy atom. The fourth-order valence-corrected chi connectivity index (χ4v) is 3.89. The van der Waals surface area contributed by atoms with Crippen molar-refractivity contribution >= 4 is 10.0 Å². The first-order valence-corrected chi connectivity index (χ1v) is 7.92. The molecule has 1 aliphatic rings. The molecule has 0 radical (unpaired) electrons. The SMILES string of the molecule is O=S(=O)(CCCF)N1CCNCC1c1cccnc1. The summed E-state index contributed by atoms with van der Waals surface area (Å²) in [7, 11) is -3.42. The second-order valence-corrected chi connectivity index (χ2v) is 6.52. The van der Waals surface area contributed by atoms with Crippen molar-refractivity contribution in [2.24, 2.45) is 0 Å². The topological polar surface area (TPSA) is 62.3 Å². The van der Waals surface area contributed by atoms with E-state index in [9.17, 15) is 12.8 Å². The van der Waals surface area contributed by atoms with Crippen LogP contribution in [0.3, 0.4) is 0 Å². The molecule has 0 spiro atoms. The zero-order valence-corrected chi connectivity index (χ0v) is 11.4. The van der Waals surface area contributed by atoms with Gasteiger partial charge in [-0.2, -0.15) is 4.31 Å². The summed E-state index contributed by atoms with van der Waals surface area (Å²) in [5.41, 5.74) is 0.860. The average molecular weight is 287 g/mol. The van der Waals surface area contributed by atoms with Gasteiger partial charge in [0, 0.05) is 32.0 Å². The Morgan fingerprint density at radius 3 is 3.05 bits per heavy atom. The molecular formula is C12H18FN3O2S. The number of rotatable bonds is 5. The zero-order chi connectivity index (χ0) is 13.7. The summed E-state index contributed by atoms with van der Waals surface area (Å²) in [6.07, 6.45) is 3.38. The Balaban J connectivity index is 2.21. The summed E-state index contributed by atoms with van der Waals surface area (Å²) >= 11 is 0. The van der Waals surface area contributed by atoms with Crippen LogP contribution in [-0.4, -0.2) is 49.8 Å². The van der Waals surface area contributed by atoms with Crippen LogP contribution in [0.2, 0.25) is 0 Å². The van der Waals surface area contributed by atoms with E-state index in [4.69, 9.17) is 0 Å². The average Bonchev–Trinajstić information content (AvgIpc) is 2.46. The van der Waals surface area contributed by atoms with Gasteiger partial charge in [-0.05, 0) is 18.1 Å². The van der Waals surface area contributed by atoms with E-state index in [-0.39, 0.29) is 18.2 Å². The van der Waals surface area contributed by atoms with Gasteiger partial charge in [0.2, 0.25) is 10.0 Å². The van der Waals surface area contributed by atoms with Crippen molar-refractivity contribution in [1.29, 1.82) is 0 Å². The smallest absolute Gasteiger partial charge is 0.214 e. The lowest BCUT2D eigenvalue weighted by atomic mass is 10.1. The van der Waals surface area contributed by atoms with Crippen molar-refractivity contribution in [1.82, 2.24) is 14.6 Å². The molecule has 0 amide bonds. The lowest BCUT2D eigenvalue weighted by molar-refractivity contribution is 0.270. The molecule has 1 saturated heterocycles. The molecule has 0 aromatic carbocycles. The minimum Gasteiger partial charge on any atom is -0.313 e. The molecule has 5 nitrogen and oxygen atoms in total. The highest BCUT2D eigenvalue weighted by atomic mass is 32.2. The van der Waals surface area contributed by atoms with E-state index >= 15 is 0 Å². The predicted molar refractivity (Wildman–Crippen MR) is 70.9 cm³/mol. The number of nitrogens with one attached hydrogen (secondary N) is 1. The van der Waals surface area contributed by atoms with Crippen molar-refractivity contribution in [2.45, 2.75) is 12.5 Å². The minimum atomic E-state index is -3.42. The molecule has 1 atom stereocenters. The number of halogens is 1. The van der Waals surface area contributed by atoms with E-state index in [1.54, 1.807) is 18.5 Å². The standard InChI is InChI=1S/C12H18FN3O2S/c13-4-2-8-19(17,18)16-7-6-15-10-12(16)11-3-1-5-14-9-11/h1,3,5,9,12,15H,2,4,6-8,10H2. The third-order valence-electron chi connectivity index (χ3n) is 3.16. The maximum absolute atomic E-state index is 12.2. The first kappa shape index (κ1) is 14.4. The molecule has 1 aromatic rings. The van der Waals surface area contributed by atoms with Gasteiger partial charge in [-0.15, -0.1) is 0 Å². The number of hydrogen-bond acceptors (Lipinski definition) is 4. The van der Waals surface area contributed by atoms with Crippen molar-refractivity contribution in [3.05, 3.63) is 30.1 Å². The van der Waals surface area contributed by atoms with Crippen molar-refractivity contribution < 1.29 is 12.8 Å². The highest BCUT2D eigenvalue weighted by molar-refractivity contribution is 7.89. The van der Waals surface area contributed by atoms with E-state index in [0.29, 0.717) is 19.6 Å².